The van der Waals surface area contributed by atoms with Crippen LogP contribution in [0, 0.1) is 10.1 Å². The number of fused-ring (bicyclic) bond motifs is 1. The molecular formula is C15H12N6O2S. The van der Waals surface area contributed by atoms with Gasteiger partial charge in [0, 0.05) is 12.4 Å². The fourth-order valence-electron chi connectivity index (χ4n) is 2.39. The maximum atomic E-state index is 11.6. The van der Waals surface area contributed by atoms with E-state index in [1.54, 1.807) is 53.4 Å². The van der Waals surface area contributed by atoms with Gasteiger partial charge in [0.2, 0.25) is 0 Å². The van der Waals surface area contributed by atoms with Crippen molar-refractivity contribution in [3.63, 3.8) is 0 Å². The predicted molar refractivity (Wildman–Crippen MR) is 95.2 cm³/mol. The van der Waals surface area contributed by atoms with Crippen molar-refractivity contribution in [3.05, 3.63) is 64.6 Å². The largest absolute Gasteiger partial charge is 0.375 e. The van der Waals surface area contributed by atoms with Crippen molar-refractivity contribution in [2.24, 2.45) is 10.8 Å². The molecule has 0 atom stereocenters. The number of pyridine rings is 1. The third-order valence-corrected chi connectivity index (χ3v) is 3.42. The summed E-state index contributed by atoms with van der Waals surface area (Å²) in [5.41, 5.74) is 9.35. The normalized spacial score (nSPS) is 11.0. The highest BCUT2D eigenvalue weighted by Crippen LogP contribution is 2.31. The quantitative estimate of drug-likeness (QED) is 0.326. The zero-order valence-electron chi connectivity index (χ0n) is 12.3. The fraction of sp³-hybridized carbons (Fsp3) is 0. The number of thiocarbonyl (C=S) groups is 1. The van der Waals surface area contributed by atoms with E-state index in [0.29, 0.717) is 22.3 Å². The molecule has 3 rings (SSSR count). The van der Waals surface area contributed by atoms with Gasteiger partial charge in [-0.1, -0.05) is 0 Å². The summed E-state index contributed by atoms with van der Waals surface area (Å²) in [5, 5.41) is 16.0. The Kier molecular flexibility index (Phi) is 4.17. The summed E-state index contributed by atoms with van der Waals surface area (Å²) in [6, 6.07) is 10.3. The van der Waals surface area contributed by atoms with Crippen LogP contribution in [0.15, 0.2) is 53.9 Å². The van der Waals surface area contributed by atoms with Gasteiger partial charge in [-0.3, -0.25) is 20.5 Å². The summed E-state index contributed by atoms with van der Waals surface area (Å²) in [6.07, 6.45) is 4.80. The molecule has 0 spiro atoms. The van der Waals surface area contributed by atoms with E-state index in [1.807, 2.05) is 0 Å². The van der Waals surface area contributed by atoms with E-state index in [-0.39, 0.29) is 10.8 Å². The van der Waals surface area contributed by atoms with Crippen molar-refractivity contribution in [2.45, 2.75) is 0 Å². The Balaban J connectivity index is 2.16. The molecule has 0 unspecified atom stereocenters. The molecule has 0 amide bonds. The molecule has 0 saturated carbocycles. The zero-order chi connectivity index (χ0) is 17.1. The summed E-state index contributed by atoms with van der Waals surface area (Å²) in [5.74, 6) is 0. The van der Waals surface area contributed by atoms with Crippen LogP contribution in [0.1, 0.15) is 5.69 Å². The third kappa shape index (κ3) is 2.92. The van der Waals surface area contributed by atoms with Gasteiger partial charge in [0.25, 0.3) is 0 Å². The number of nitro benzene ring substituents is 1. The van der Waals surface area contributed by atoms with E-state index in [1.165, 1.54) is 6.21 Å². The van der Waals surface area contributed by atoms with E-state index in [4.69, 9.17) is 5.73 Å². The Hall–Kier alpha value is -3.33. The number of rotatable bonds is 4. The number of nitrogens with two attached hydrogens (primary N) is 1. The zero-order valence-corrected chi connectivity index (χ0v) is 13.1. The van der Waals surface area contributed by atoms with Crippen molar-refractivity contribution in [3.8, 4) is 5.69 Å². The lowest BCUT2D eigenvalue weighted by Crippen LogP contribution is -2.24. The van der Waals surface area contributed by atoms with Gasteiger partial charge in [-0.15, -0.1) is 0 Å². The highest BCUT2D eigenvalue weighted by molar-refractivity contribution is 7.80. The molecule has 0 saturated heterocycles. The molecule has 3 N–H and O–H groups in total. The van der Waals surface area contributed by atoms with E-state index in [0.717, 1.165) is 0 Å². The fourth-order valence-corrected chi connectivity index (χ4v) is 2.45. The molecule has 2 heterocycles. The number of hydrogen-bond donors (Lipinski definition) is 2. The van der Waals surface area contributed by atoms with Gasteiger partial charge >= 0.3 is 5.69 Å². The molecule has 9 heteroatoms. The second-order valence-electron chi connectivity index (χ2n) is 4.80. The molecule has 24 heavy (non-hydrogen) atoms. The maximum Gasteiger partial charge on any atom is 0.302 e. The van der Waals surface area contributed by atoms with Crippen LogP contribution < -0.4 is 11.2 Å². The first-order chi connectivity index (χ1) is 11.6. The van der Waals surface area contributed by atoms with Crippen LogP contribution in [0.3, 0.4) is 0 Å². The first-order valence-electron chi connectivity index (χ1n) is 6.86. The summed E-state index contributed by atoms with van der Waals surface area (Å²) < 4.78 is 1.66. The van der Waals surface area contributed by atoms with E-state index in [2.05, 4.69) is 27.7 Å². The van der Waals surface area contributed by atoms with Gasteiger partial charge in [-0.2, -0.15) is 5.10 Å². The molecule has 0 aliphatic carbocycles. The number of nitrogens with zero attached hydrogens (tertiary/aromatic N) is 4. The first-order valence-corrected chi connectivity index (χ1v) is 7.27. The van der Waals surface area contributed by atoms with E-state index >= 15 is 0 Å². The highest BCUT2D eigenvalue weighted by atomic mass is 32.1. The molecule has 0 aliphatic rings. The van der Waals surface area contributed by atoms with Crippen molar-refractivity contribution in [1.82, 2.24) is 15.0 Å². The average Bonchev–Trinajstić information content (AvgIpc) is 3.01. The van der Waals surface area contributed by atoms with Crippen LogP contribution in [-0.2, 0) is 0 Å². The molecule has 2 aromatic heterocycles. The van der Waals surface area contributed by atoms with Crippen LogP contribution in [0.25, 0.3) is 16.6 Å². The molecule has 0 aliphatic heterocycles. The van der Waals surface area contributed by atoms with Gasteiger partial charge in [0.15, 0.2) is 5.11 Å². The minimum absolute atomic E-state index is 0.0197. The van der Waals surface area contributed by atoms with E-state index in [9.17, 15) is 10.1 Å². The lowest BCUT2D eigenvalue weighted by molar-refractivity contribution is -0.382. The predicted octanol–water partition coefficient (Wildman–Crippen LogP) is 2.10. The summed E-state index contributed by atoms with van der Waals surface area (Å²) in [4.78, 5) is 15.4. The van der Waals surface area contributed by atoms with Crippen molar-refractivity contribution >= 4 is 40.1 Å². The third-order valence-electron chi connectivity index (χ3n) is 3.33. The molecule has 120 valence electrons. The Bertz CT molecular complexity index is 966. The average molecular weight is 340 g/mol. The first kappa shape index (κ1) is 15.6. The van der Waals surface area contributed by atoms with Gasteiger partial charge < -0.3 is 10.3 Å². The van der Waals surface area contributed by atoms with Gasteiger partial charge in [-0.25, -0.2) is 0 Å². The van der Waals surface area contributed by atoms with Crippen molar-refractivity contribution in [2.75, 3.05) is 0 Å². The van der Waals surface area contributed by atoms with Crippen LogP contribution in [0.5, 0.6) is 0 Å². The molecular weight excluding hydrogens is 328 g/mol. The molecule has 0 bridgehead atoms. The molecule has 0 radical (unpaired) electrons. The molecule has 8 nitrogen and oxygen atoms in total. The Morgan fingerprint density at radius 3 is 2.96 bits per heavy atom. The molecule has 1 aromatic carbocycles. The lowest BCUT2D eigenvalue weighted by atomic mass is 10.1. The Morgan fingerprint density at radius 2 is 2.21 bits per heavy atom. The topological polar surface area (TPSA) is 111 Å². The summed E-state index contributed by atoms with van der Waals surface area (Å²) >= 11 is 4.67. The number of hydrogen-bond acceptors (Lipinski definition) is 5. The number of nitrogens with one attached hydrogen (secondary N) is 1. The van der Waals surface area contributed by atoms with Crippen LogP contribution in [-0.4, -0.2) is 25.8 Å². The summed E-state index contributed by atoms with van der Waals surface area (Å²) in [6.45, 7) is 0. The van der Waals surface area contributed by atoms with Crippen molar-refractivity contribution < 1.29 is 4.92 Å². The Labute approximate surface area is 141 Å². The SMILES string of the molecule is NC(=S)NN=Cc1cccn1-c1ccc2ncccc2c1[N+](=O)[O-]. The van der Waals surface area contributed by atoms with Crippen LogP contribution in [0.4, 0.5) is 5.69 Å². The monoisotopic (exact) mass is 340 g/mol. The number of aromatic nitrogens is 2. The smallest absolute Gasteiger partial charge is 0.302 e. The standard InChI is InChI=1S/C15H12N6O2S/c16-15(24)19-18-9-10-3-2-8-20(10)13-6-5-12-11(4-1-7-17-12)14(13)21(22)23/h1-9H,(H3,16,19,24). The van der Waals surface area contributed by atoms with E-state index < -0.39 is 4.92 Å². The molecule has 0 fully saturated rings. The second kappa shape index (κ2) is 6.42. The second-order valence-corrected chi connectivity index (χ2v) is 5.24. The maximum absolute atomic E-state index is 11.6. The number of hydrazone groups is 1. The highest BCUT2D eigenvalue weighted by Gasteiger charge is 2.21. The lowest BCUT2D eigenvalue weighted by Gasteiger charge is -2.09. The van der Waals surface area contributed by atoms with Crippen molar-refractivity contribution in [1.29, 1.82) is 0 Å². The Morgan fingerprint density at radius 1 is 1.38 bits per heavy atom. The van der Waals surface area contributed by atoms with Gasteiger partial charge in [0.1, 0.15) is 5.69 Å². The number of nitro groups is 1. The van der Waals surface area contributed by atoms with Gasteiger partial charge in [-0.05, 0) is 48.6 Å². The molecule has 3 aromatic rings. The number of benzene rings is 1. The minimum Gasteiger partial charge on any atom is -0.375 e. The van der Waals surface area contributed by atoms with Crippen LogP contribution in [0.2, 0.25) is 0 Å². The van der Waals surface area contributed by atoms with Gasteiger partial charge in [0.05, 0.1) is 27.7 Å². The van der Waals surface area contributed by atoms with Crippen LogP contribution >= 0.6 is 12.2 Å². The minimum atomic E-state index is -0.409. The summed E-state index contributed by atoms with van der Waals surface area (Å²) in [7, 11) is 0.